The first-order valence-electron chi connectivity index (χ1n) is 7.77. The van der Waals surface area contributed by atoms with Gasteiger partial charge in [0, 0.05) is 28.8 Å². The highest BCUT2D eigenvalue weighted by atomic mass is 32.1. The van der Waals surface area contributed by atoms with Gasteiger partial charge in [-0.1, -0.05) is 30.4 Å². The van der Waals surface area contributed by atoms with Crippen LogP contribution in [-0.2, 0) is 4.79 Å². The predicted molar refractivity (Wildman–Crippen MR) is 98.9 cm³/mol. The molecule has 7 nitrogen and oxygen atoms in total. The van der Waals surface area contributed by atoms with Crippen molar-refractivity contribution in [1.82, 2.24) is 5.32 Å². The summed E-state index contributed by atoms with van der Waals surface area (Å²) in [5.41, 5.74) is 1.17. The number of piperidine rings is 1. The second kappa shape index (κ2) is 6.95. The van der Waals surface area contributed by atoms with Crippen LogP contribution in [0.25, 0.3) is 5.41 Å². The average molecular weight is 366 g/mol. The van der Waals surface area contributed by atoms with Gasteiger partial charge in [-0.15, -0.1) is 0 Å². The Morgan fingerprint density at radius 1 is 1.31 bits per heavy atom. The minimum Gasteiger partial charge on any atom is -0.763 e. The largest absolute Gasteiger partial charge is 0.763 e. The number of hydrogen-bond acceptors (Lipinski definition) is 4. The lowest BCUT2D eigenvalue weighted by Crippen LogP contribution is -2.56. The number of amides is 1. The Morgan fingerprint density at radius 2 is 2.04 bits per heavy atom. The molecule has 0 spiro atoms. The van der Waals surface area contributed by atoms with Crippen LogP contribution in [0.3, 0.4) is 0 Å². The number of carbonyl (C=O) groups is 1. The molecule has 26 heavy (non-hydrogen) atoms. The highest BCUT2D eigenvalue weighted by Gasteiger charge is 2.47. The normalized spacial score (nSPS) is 19.7. The first-order chi connectivity index (χ1) is 12.4. The third-order valence-electron chi connectivity index (χ3n) is 4.26. The fourth-order valence-corrected chi connectivity index (χ4v) is 3.44. The fraction of sp³-hybridized carbons (Fsp3) is 0.167. The van der Waals surface area contributed by atoms with Crippen LogP contribution in [0, 0.1) is 17.0 Å². The molecule has 0 saturated carbocycles. The Hall–Kier alpha value is -3.22. The third kappa shape index (κ3) is 3.03. The molecule has 2 atom stereocenters. The van der Waals surface area contributed by atoms with Gasteiger partial charge in [0.25, 0.3) is 11.6 Å². The lowest BCUT2D eigenvalue weighted by Gasteiger charge is -2.30. The van der Waals surface area contributed by atoms with Crippen molar-refractivity contribution in [2.45, 2.75) is 18.9 Å². The van der Waals surface area contributed by atoms with Crippen molar-refractivity contribution in [3.05, 3.63) is 81.0 Å². The van der Waals surface area contributed by atoms with E-state index < -0.39 is 22.8 Å². The highest BCUT2D eigenvalue weighted by Crippen LogP contribution is 2.39. The van der Waals surface area contributed by atoms with Crippen LogP contribution < -0.4 is 9.88 Å². The zero-order valence-electron chi connectivity index (χ0n) is 13.7. The number of nitrogens with one attached hydrogen (secondary N) is 1. The molecule has 0 radical (unpaired) electrons. The molecule has 1 fully saturated rings. The van der Waals surface area contributed by atoms with Crippen LogP contribution in [0.1, 0.15) is 23.1 Å². The summed E-state index contributed by atoms with van der Waals surface area (Å²) in [7, 11) is 0. The molecule has 1 aromatic carbocycles. The molecule has 1 amide bonds. The monoisotopic (exact) mass is 366 g/mol. The minimum absolute atomic E-state index is 0.00477. The van der Waals surface area contributed by atoms with Crippen molar-refractivity contribution in [3.63, 3.8) is 0 Å². The van der Waals surface area contributed by atoms with Crippen molar-refractivity contribution >= 4 is 34.7 Å². The first kappa shape index (κ1) is 17.6. The zero-order chi connectivity index (χ0) is 18.8. The van der Waals surface area contributed by atoms with E-state index in [1.165, 1.54) is 6.07 Å². The number of aryl methyl sites for hydroxylation is 1. The van der Waals surface area contributed by atoms with E-state index in [0.717, 1.165) is 5.56 Å². The van der Waals surface area contributed by atoms with Crippen LogP contribution in [0.2, 0.25) is 0 Å². The van der Waals surface area contributed by atoms with E-state index in [4.69, 9.17) is 12.2 Å². The molecule has 1 aliphatic heterocycles. The summed E-state index contributed by atoms with van der Waals surface area (Å²) in [6.07, 6.45) is 3.46. The van der Waals surface area contributed by atoms with E-state index in [1.54, 1.807) is 41.2 Å². The van der Waals surface area contributed by atoms with Crippen LogP contribution in [0.5, 0.6) is 0 Å². The van der Waals surface area contributed by atoms with E-state index in [2.05, 4.69) is 5.32 Å². The van der Waals surface area contributed by atoms with Crippen molar-refractivity contribution < 1.29 is 14.3 Å². The molecule has 8 heteroatoms. The molecule has 1 aromatic heterocycles. The molecule has 0 unspecified atom stereocenters. The van der Waals surface area contributed by atoms with Gasteiger partial charge in [-0.2, -0.15) is 4.57 Å². The van der Waals surface area contributed by atoms with Crippen molar-refractivity contribution in [1.29, 1.82) is 0 Å². The maximum Gasteiger partial charge on any atom is 0.295 e. The third-order valence-corrected chi connectivity index (χ3v) is 4.58. The van der Waals surface area contributed by atoms with E-state index in [1.807, 2.05) is 18.9 Å². The van der Waals surface area contributed by atoms with Crippen LogP contribution in [-0.4, -0.2) is 21.7 Å². The van der Waals surface area contributed by atoms with Gasteiger partial charge >= 0.3 is 0 Å². The van der Waals surface area contributed by atoms with E-state index in [9.17, 15) is 20.3 Å². The molecule has 3 rings (SSSR count). The van der Waals surface area contributed by atoms with Gasteiger partial charge in [-0.3, -0.25) is 20.8 Å². The maximum absolute atomic E-state index is 12.7. The number of benzene rings is 1. The number of nitro groups is 1. The van der Waals surface area contributed by atoms with Gasteiger partial charge in [-0.25, -0.2) is 0 Å². The molecule has 1 saturated heterocycles. The summed E-state index contributed by atoms with van der Waals surface area (Å²) in [4.78, 5) is 23.7. The predicted octanol–water partition coefficient (Wildman–Crippen LogP) is 2.14. The minimum atomic E-state index is -0.864. The number of carbonyl (C=O) groups excluding carboxylic acids is 1. The second-order valence-corrected chi connectivity index (χ2v) is 6.32. The van der Waals surface area contributed by atoms with Gasteiger partial charge < -0.3 is 10.7 Å². The Bertz CT molecular complexity index is 982. The number of nitrogens with zero attached hydrogens (tertiary/aromatic N) is 3. The zero-order valence-corrected chi connectivity index (χ0v) is 14.6. The smallest absolute Gasteiger partial charge is 0.295 e. The SMILES string of the molecule is Cc1ccc[n+]([C@H]2C(=O)NC(=S)C(=C=[N-])[C@@H]2c2ccccc2[N+](=O)[O-])c1. The van der Waals surface area contributed by atoms with E-state index in [0.29, 0.717) is 0 Å². The summed E-state index contributed by atoms with van der Waals surface area (Å²) in [6, 6.07) is 8.89. The molecule has 0 bridgehead atoms. The van der Waals surface area contributed by atoms with Crippen LogP contribution in [0.4, 0.5) is 5.69 Å². The lowest BCUT2D eigenvalue weighted by molar-refractivity contribution is -0.711. The Kier molecular flexibility index (Phi) is 4.71. The van der Waals surface area contributed by atoms with Gasteiger partial charge in [0.15, 0.2) is 12.4 Å². The number of pyridine rings is 1. The lowest BCUT2D eigenvalue weighted by atomic mass is 9.81. The molecule has 130 valence electrons. The van der Waals surface area contributed by atoms with E-state index in [-0.39, 0.29) is 21.8 Å². The standard InChI is InChI=1S/C18H14N4O3S/c1-11-5-4-8-21(10-11)16-15(13(9-19)18(26)20-17(16)23)12-6-2-3-7-14(12)22(24)25/h2-8,10,15-16H,1H3,(H,20,23,26)/t15-,16+/m0/s1. The average Bonchev–Trinajstić information content (AvgIpc) is 2.61. The number of rotatable bonds is 3. The Balaban J connectivity index is 2.27. The Labute approximate surface area is 154 Å². The van der Waals surface area contributed by atoms with Crippen LogP contribution in [0.15, 0.2) is 54.4 Å². The molecule has 1 aliphatic rings. The summed E-state index contributed by atoms with van der Waals surface area (Å²) in [5, 5.41) is 23.7. The highest BCUT2D eigenvalue weighted by molar-refractivity contribution is 7.80. The maximum atomic E-state index is 12.7. The summed E-state index contributed by atoms with van der Waals surface area (Å²) < 4.78 is 1.66. The summed E-state index contributed by atoms with van der Waals surface area (Å²) in [5.74, 6) is 0.766. The van der Waals surface area contributed by atoms with Crippen molar-refractivity contribution in [2.24, 2.45) is 0 Å². The van der Waals surface area contributed by atoms with Gasteiger partial charge in [0.05, 0.1) is 10.8 Å². The molecule has 1 N–H and O–H groups in total. The second-order valence-electron chi connectivity index (χ2n) is 5.91. The Morgan fingerprint density at radius 3 is 2.69 bits per heavy atom. The molecular weight excluding hydrogens is 352 g/mol. The number of aromatic nitrogens is 1. The fourth-order valence-electron chi connectivity index (χ4n) is 3.16. The molecule has 0 aliphatic carbocycles. The summed E-state index contributed by atoms with van der Waals surface area (Å²) >= 11 is 5.15. The number of thiocarbonyl (C=S) groups is 1. The molecule has 2 heterocycles. The first-order valence-corrected chi connectivity index (χ1v) is 8.17. The quantitative estimate of drug-likeness (QED) is 0.225. The van der Waals surface area contributed by atoms with E-state index >= 15 is 0 Å². The number of hydrogen-bond donors (Lipinski definition) is 1. The van der Waals surface area contributed by atoms with Crippen molar-refractivity contribution in [2.75, 3.05) is 0 Å². The van der Waals surface area contributed by atoms with Crippen molar-refractivity contribution in [3.8, 4) is 0 Å². The molecule has 2 aromatic rings. The number of para-hydroxylation sites is 1. The van der Waals surface area contributed by atoms with Gasteiger partial charge in [0.1, 0.15) is 4.99 Å². The summed E-state index contributed by atoms with van der Waals surface area (Å²) in [6.45, 7) is 1.87. The van der Waals surface area contributed by atoms with Crippen LogP contribution >= 0.6 is 12.2 Å². The topological polar surface area (TPSA) is 98.4 Å². The molecular formula is C18H14N4O3S. The van der Waals surface area contributed by atoms with Gasteiger partial charge in [0.2, 0.25) is 6.04 Å². The van der Waals surface area contributed by atoms with Gasteiger partial charge in [-0.05, 0) is 13.0 Å². The number of nitro benzene ring substituents is 1.